The van der Waals surface area contributed by atoms with Crippen LogP contribution >= 0.6 is 0 Å². The highest BCUT2D eigenvalue weighted by Crippen LogP contribution is 2.14. The molecule has 1 aromatic heterocycles. The fourth-order valence-corrected chi connectivity index (χ4v) is 1.61. The molecule has 0 unspecified atom stereocenters. The second-order valence-electron chi connectivity index (χ2n) is 4.61. The minimum atomic E-state index is -0.00757. The van der Waals surface area contributed by atoms with Gasteiger partial charge in [-0.2, -0.15) is 0 Å². The average Bonchev–Trinajstić information content (AvgIpc) is 2.42. The first-order valence-electron chi connectivity index (χ1n) is 5.24. The number of aryl methyl sites for hydroxylation is 2. The molecule has 1 aromatic rings. The van der Waals surface area contributed by atoms with Crippen molar-refractivity contribution in [2.45, 2.75) is 39.8 Å². The van der Waals surface area contributed by atoms with Gasteiger partial charge in [0.2, 0.25) is 0 Å². The summed E-state index contributed by atoms with van der Waals surface area (Å²) in [5, 5.41) is 3.45. The summed E-state index contributed by atoms with van der Waals surface area (Å²) in [5.41, 5.74) is 1.21. The molecule has 15 heavy (non-hydrogen) atoms. The Hall–Kier alpha value is -0.800. The first-order valence-corrected chi connectivity index (χ1v) is 5.24. The summed E-state index contributed by atoms with van der Waals surface area (Å²) in [6.45, 7) is 9.73. The number of rotatable bonds is 5. The van der Waals surface area contributed by atoms with Gasteiger partial charge in [0, 0.05) is 24.8 Å². The molecule has 3 heteroatoms. The molecule has 0 aromatic carbocycles. The van der Waals surface area contributed by atoms with Gasteiger partial charge in [0.05, 0.1) is 6.61 Å². The number of furan rings is 1. The summed E-state index contributed by atoms with van der Waals surface area (Å²) < 4.78 is 10.6. The lowest BCUT2D eigenvalue weighted by Gasteiger charge is -2.25. The van der Waals surface area contributed by atoms with Crippen LogP contribution in [0, 0.1) is 13.8 Å². The van der Waals surface area contributed by atoms with Gasteiger partial charge >= 0.3 is 0 Å². The van der Waals surface area contributed by atoms with Crippen LogP contribution in [-0.2, 0) is 11.3 Å². The molecule has 1 rings (SSSR count). The quantitative estimate of drug-likeness (QED) is 0.812. The van der Waals surface area contributed by atoms with Gasteiger partial charge in [0.25, 0.3) is 0 Å². The molecule has 0 spiro atoms. The van der Waals surface area contributed by atoms with Crippen molar-refractivity contribution in [1.82, 2.24) is 5.32 Å². The van der Waals surface area contributed by atoms with E-state index in [1.165, 1.54) is 5.56 Å². The molecule has 0 saturated carbocycles. The minimum Gasteiger partial charge on any atom is -0.466 e. The summed E-state index contributed by atoms with van der Waals surface area (Å²) in [4.78, 5) is 0. The summed E-state index contributed by atoms with van der Waals surface area (Å²) in [7, 11) is 1.72. The molecule has 86 valence electrons. The lowest BCUT2D eigenvalue weighted by Crippen LogP contribution is -2.42. The zero-order valence-corrected chi connectivity index (χ0v) is 10.3. The standard InChI is InChI=1S/C12H21NO2/c1-9-6-11(10(2)15-9)7-13-12(3,4)8-14-5/h6,13H,7-8H2,1-5H3. The van der Waals surface area contributed by atoms with Gasteiger partial charge in [-0.05, 0) is 33.8 Å². The van der Waals surface area contributed by atoms with Gasteiger partial charge in [-0.1, -0.05) is 0 Å². The molecule has 1 heterocycles. The Kier molecular flexibility index (Phi) is 3.94. The SMILES string of the molecule is COCC(C)(C)NCc1cc(C)oc1C. The lowest BCUT2D eigenvalue weighted by atomic mass is 10.1. The maximum absolute atomic E-state index is 5.47. The zero-order valence-electron chi connectivity index (χ0n) is 10.3. The largest absolute Gasteiger partial charge is 0.466 e. The molecule has 0 saturated heterocycles. The fourth-order valence-electron chi connectivity index (χ4n) is 1.61. The second kappa shape index (κ2) is 4.81. The molecule has 0 atom stereocenters. The zero-order chi connectivity index (χ0) is 11.5. The Morgan fingerprint density at radius 1 is 1.40 bits per heavy atom. The van der Waals surface area contributed by atoms with Crippen LogP contribution in [-0.4, -0.2) is 19.3 Å². The summed E-state index contributed by atoms with van der Waals surface area (Å²) >= 11 is 0. The predicted octanol–water partition coefficient (Wildman–Crippen LogP) is 2.41. The molecule has 0 aliphatic carbocycles. The maximum Gasteiger partial charge on any atom is 0.105 e. The van der Waals surface area contributed by atoms with E-state index in [1.807, 2.05) is 13.8 Å². The van der Waals surface area contributed by atoms with Crippen molar-refractivity contribution in [1.29, 1.82) is 0 Å². The molecule has 0 fully saturated rings. The van der Waals surface area contributed by atoms with Crippen molar-refractivity contribution < 1.29 is 9.15 Å². The van der Waals surface area contributed by atoms with Crippen molar-refractivity contribution in [2.24, 2.45) is 0 Å². The number of hydrogen-bond donors (Lipinski definition) is 1. The van der Waals surface area contributed by atoms with E-state index < -0.39 is 0 Å². The normalized spacial score (nSPS) is 12.1. The average molecular weight is 211 g/mol. The molecule has 0 bridgehead atoms. The smallest absolute Gasteiger partial charge is 0.105 e. The molecular formula is C12H21NO2. The Morgan fingerprint density at radius 2 is 2.07 bits per heavy atom. The topological polar surface area (TPSA) is 34.4 Å². The Morgan fingerprint density at radius 3 is 2.53 bits per heavy atom. The highest BCUT2D eigenvalue weighted by atomic mass is 16.5. The molecule has 0 amide bonds. The highest BCUT2D eigenvalue weighted by Gasteiger charge is 2.17. The number of hydrogen-bond acceptors (Lipinski definition) is 3. The van der Waals surface area contributed by atoms with Crippen molar-refractivity contribution >= 4 is 0 Å². The summed E-state index contributed by atoms with van der Waals surface area (Å²) in [6.07, 6.45) is 0. The van der Waals surface area contributed by atoms with Gasteiger partial charge in [-0.25, -0.2) is 0 Å². The van der Waals surface area contributed by atoms with Crippen molar-refractivity contribution in [2.75, 3.05) is 13.7 Å². The van der Waals surface area contributed by atoms with Crippen LogP contribution < -0.4 is 5.32 Å². The van der Waals surface area contributed by atoms with Crippen LogP contribution in [0.2, 0.25) is 0 Å². The van der Waals surface area contributed by atoms with Crippen LogP contribution in [0.1, 0.15) is 30.9 Å². The van der Waals surface area contributed by atoms with Crippen molar-refractivity contribution in [3.05, 3.63) is 23.2 Å². The van der Waals surface area contributed by atoms with E-state index in [0.717, 1.165) is 18.1 Å². The molecule has 0 aliphatic rings. The minimum absolute atomic E-state index is 0.00757. The van der Waals surface area contributed by atoms with E-state index in [2.05, 4.69) is 25.2 Å². The summed E-state index contributed by atoms with van der Waals surface area (Å²) in [6, 6.07) is 2.07. The third-order valence-electron chi connectivity index (χ3n) is 2.41. The summed E-state index contributed by atoms with van der Waals surface area (Å²) in [5.74, 6) is 1.96. The molecule has 0 radical (unpaired) electrons. The number of ether oxygens (including phenoxy) is 1. The number of methoxy groups -OCH3 is 1. The third kappa shape index (κ3) is 3.68. The van der Waals surface area contributed by atoms with Gasteiger partial charge in [-0.3, -0.25) is 0 Å². The van der Waals surface area contributed by atoms with Gasteiger partial charge in [0.15, 0.2) is 0 Å². The highest BCUT2D eigenvalue weighted by molar-refractivity contribution is 5.20. The van der Waals surface area contributed by atoms with Gasteiger partial charge < -0.3 is 14.5 Å². The van der Waals surface area contributed by atoms with E-state index in [1.54, 1.807) is 7.11 Å². The van der Waals surface area contributed by atoms with E-state index in [-0.39, 0.29) is 5.54 Å². The molecule has 3 nitrogen and oxygen atoms in total. The van der Waals surface area contributed by atoms with E-state index in [4.69, 9.17) is 9.15 Å². The van der Waals surface area contributed by atoms with Gasteiger partial charge in [0.1, 0.15) is 11.5 Å². The molecule has 0 aliphatic heterocycles. The third-order valence-corrected chi connectivity index (χ3v) is 2.41. The van der Waals surface area contributed by atoms with Crippen molar-refractivity contribution in [3.63, 3.8) is 0 Å². The second-order valence-corrected chi connectivity index (χ2v) is 4.61. The predicted molar refractivity (Wildman–Crippen MR) is 61.0 cm³/mol. The van der Waals surface area contributed by atoms with E-state index >= 15 is 0 Å². The van der Waals surface area contributed by atoms with Crippen LogP contribution in [0.25, 0.3) is 0 Å². The maximum atomic E-state index is 5.47. The van der Waals surface area contributed by atoms with Gasteiger partial charge in [-0.15, -0.1) is 0 Å². The van der Waals surface area contributed by atoms with E-state index in [0.29, 0.717) is 6.61 Å². The van der Waals surface area contributed by atoms with Crippen LogP contribution in [0.4, 0.5) is 0 Å². The first-order chi connectivity index (χ1) is 6.94. The van der Waals surface area contributed by atoms with Crippen LogP contribution in [0.15, 0.2) is 10.5 Å². The Labute approximate surface area is 91.8 Å². The van der Waals surface area contributed by atoms with Crippen LogP contribution in [0.3, 0.4) is 0 Å². The molecule has 1 N–H and O–H groups in total. The van der Waals surface area contributed by atoms with Crippen LogP contribution in [0.5, 0.6) is 0 Å². The van der Waals surface area contributed by atoms with E-state index in [9.17, 15) is 0 Å². The first kappa shape index (κ1) is 12.3. The fraction of sp³-hybridized carbons (Fsp3) is 0.667. The van der Waals surface area contributed by atoms with Crippen molar-refractivity contribution in [3.8, 4) is 0 Å². The number of nitrogens with one attached hydrogen (secondary N) is 1. The monoisotopic (exact) mass is 211 g/mol. The lowest BCUT2D eigenvalue weighted by molar-refractivity contribution is 0.127. The Bertz CT molecular complexity index is 315. The molecular weight excluding hydrogens is 190 g/mol. The Balaban J connectivity index is 2.53.